The summed E-state index contributed by atoms with van der Waals surface area (Å²) in [5, 5.41) is 9.08. The minimum Gasteiger partial charge on any atom is -0.384 e. The molecule has 2 aliphatic heterocycles. The zero-order chi connectivity index (χ0) is 17.4. The number of carbonyl (C=O) groups excluding carboxylic acids is 2. The number of amides is 2. The molecule has 2 unspecified atom stereocenters. The number of halogens is 1. The van der Waals surface area contributed by atoms with Gasteiger partial charge < -0.3 is 16.0 Å². The molecule has 0 aromatic heterocycles. The summed E-state index contributed by atoms with van der Waals surface area (Å²) in [6.07, 6.45) is 0.350. The Labute approximate surface area is 154 Å². The van der Waals surface area contributed by atoms with E-state index in [1.54, 1.807) is 0 Å². The van der Waals surface area contributed by atoms with Crippen molar-refractivity contribution in [2.45, 2.75) is 24.9 Å². The highest BCUT2D eigenvalue weighted by Gasteiger charge is 2.30. The molecule has 128 valence electrons. The van der Waals surface area contributed by atoms with Gasteiger partial charge in [-0.15, -0.1) is 0 Å². The predicted molar refractivity (Wildman–Crippen MR) is 99.2 cm³/mol. The fourth-order valence-electron chi connectivity index (χ4n) is 3.55. The molecule has 0 radical (unpaired) electrons. The maximum atomic E-state index is 12.6. The van der Waals surface area contributed by atoms with E-state index in [4.69, 9.17) is 0 Å². The van der Waals surface area contributed by atoms with Crippen molar-refractivity contribution in [2.24, 2.45) is 0 Å². The smallest absolute Gasteiger partial charge is 0.247 e. The monoisotopic (exact) mass is 399 g/mol. The Hall–Kier alpha value is -2.34. The molecule has 3 N–H and O–H groups in total. The van der Waals surface area contributed by atoms with E-state index in [2.05, 4.69) is 37.9 Å². The minimum absolute atomic E-state index is 0.106. The highest BCUT2D eigenvalue weighted by molar-refractivity contribution is 9.10. The second-order valence-corrected chi connectivity index (χ2v) is 7.35. The number of carbonyl (C=O) groups is 2. The van der Waals surface area contributed by atoms with Gasteiger partial charge in [0.15, 0.2) is 0 Å². The molecule has 0 aliphatic carbocycles. The molecule has 0 spiro atoms. The summed E-state index contributed by atoms with van der Waals surface area (Å²) in [5.74, 6) is -0.161. The van der Waals surface area contributed by atoms with Gasteiger partial charge in [0.05, 0.1) is 0 Å². The van der Waals surface area contributed by atoms with Crippen LogP contribution < -0.4 is 16.0 Å². The summed E-state index contributed by atoms with van der Waals surface area (Å²) in [7, 11) is 0. The Morgan fingerprint density at radius 1 is 1.16 bits per heavy atom. The zero-order valence-corrected chi connectivity index (χ0v) is 15.1. The lowest BCUT2D eigenvalue weighted by Gasteiger charge is -2.26. The van der Waals surface area contributed by atoms with E-state index in [0.717, 1.165) is 33.4 Å². The number of benzene rings is 2. The number of fused-ring (bicyclic) bond motifs is 2. The summed E-state index contributed by atoms with van der Waals surface area (Å²) < 4.78 is 1.00. The van der Waals surface area contributed by atoms with Gasteiger partial charge in [-0.05, 0) is 34.9 Å². The Morgan fingerprint density at radius 2 is 2.00 bits per heavy atom. The van der Waals surface area contributed by atoms with Gasteiger partial charge in [0.25, 0.3) is 0 Å². The zero-order valence-electron chi connectivity index (χ0n) is 13.5. The lowest BCUT2D eigenvalue weighted by atomic mass is 9.94. The van der Waals surface area contributed by atoms with Crippen LogP contribution >= 0.6 is 15.9 Å². The topological polar surface area (TPSA) is 70.2 Å². The lowest BCUT2D eigenvalue weighted by molar-refractivity contribution is -0.129. The molecule has 0 fully saturated rings. The molecule has 2 aromatic rings. The Bertz CT molecular complexity index is 852. The first-order valence-electron chi connectivity index (χ1n) is 8.30. The summed E-state index contributed by atoms with van der Waals surface area (Å²) in [4.78, 5) is 24.8. The van der Waals surface area contributed by atoms with Crippen molar-refractivity contribution in [1.29, 1.82) is 0 Å². The number of rotatable bonds is 3. The highest BCUT2D eigenvalue weighted by atomic mass is 79.9. The van der Waals surface area contributed by atoms with Crippen molar-refractivity contribution < 1.29 is 9.59 Å². The van der Waals surface area contributed by atoms with E-state index >= 15 is 0 Å². The number of hydrogen-bond donors (Lipinski definition) is 3. The third-order valence-electron chi connectivity index (χ3n) is 4.81. The summed E-state index contributed by atoms with van der Waals surface area (Å²) in [5.41, 5.74) is 4.14. The first-order valence-corrected chi connectivity index (χ1v) is 9.09. The van der Waals surface area contributed by atoms with Crippen LogP contribution in [0.25, 0.3) is 0 Å². The van der Waals surface area contributed by atoms with Crippen LogP contribution in [0, 0.1) is 0 Å². The molecule has 6 heteroatoms. The van der Waals surface area contributed by atoms with E-state index < -0.39 is 6.04 Å². The maximum absolute atomic E-state index is 12.6. The first-order chi connectivity index (χ1) is 12.1. The van der Waals surface area contributed by atoms with Gasteiger partial charge in [-0.2, -0.15) is 0 Å². The van der Waals surface area contributed by atoms with Crippen molar-refractivity contribution in [3.8, 4) is 0 Å². The third kappa shape index (κ3) is 3.14. The van der Waals surface area contributed by atoms with E-state index in [1.807, 2.05) is 36.4 Å². The van der Waals surface area contributed by atoms with Gasteiger partial charge in [0.2, 0.25) is 11.8 Å². The van der Waals surface area contributed by atoms with Gasteiger partial charge in [-0.25, -0.2) is 0 Å². The fourth-order valence-corrected chi connectivity index (χ4v) is 3.93. The number of nitrogens with one attached hydrogen (secondary N) is 3. The van der Waals surface area contributed by atoms with Gasteiger partial charge in [0, 0.05) is 35.6 Å². The van der Waals surface area contributed by atoms with Crippen LogP contribution in [-0.4, -0.2) is 18.4 Å². The van der Waals surface area contributed by atoms with Crippen LogP contribution in [0.4, 0.5) is 5.69 Å². The Morgan fingerprint density at radius 3 is 2.88 bits per heavy atom. The molecule has 2 amide bonds. The normalized spacial score (nSPS) is 20.9. The molecule has 2 atom stereocenters. The maximum Gasteiger partial charge on any atom is 0.247 e. The van der Waals surface area contributed by atoms with Gasteiger partial charge in [-0.3, -0.25) is 9.59 Å². The lowest BCUT2D eigenvalue weighted by Crippen LogP contribution is -2.44. The average Bonchev–Trinajstić information content (AvgIpc) is 2.99. The average molecular weight is 400 g/mol. The molecule has 2 heterocycles. The molecular weight excluding hydrogens is 382 g/mol. The van der Waals surface area contributed by atoms with Crippen LogP contribution in [0.1, 0.15) is 35.1 Å². The van der Waals surface area contributed by atoms with Crippen LogP contribution in [0.5, 0.6) is 0 Å². The van der Waals surface area contributed by atoms with Crippen LogP contribution in [0.3, 0.4) is 0 Å². The highest BCUT2D eigenvalue weighted by Crippen LogP contribution is 2.35. The molecule has 0 saturated carbocycles. The minimum atomic E-state index is -0.617. The molecule has 0 bridgehead atoms. The molecule has 4 rings (SSSR count). The van der Waals surface area contributed by atoms with Gasteiger partial charge in [0.1, 0.15) is 6.04 Å². The van der Waals surface area contributed by atoms with Gasteiger partial charge in [-0.1, -0.05) is 40.2 Å². The van der Waals surface area contributed by atoms with E-state index in [1.165, 1.54) is 0 Å². The van der Waals surface area contributed by atoms with Crippen LogP contribution in [0.2, 0.25) is 0 Å². The fraction of sp³-hybridized carbons (Fsp3) is 0.263. The Balaban J connectivity index is 1.49. The molecule has 2 aliphatic rings. The largest absolute Gasteiger partial charge is 0.384 e. The standard InChI is InChI=1S/C19H18BrN3O2/c20-13-5-6-16-15(8-13)12(10-21-16)7-17(24)23-18-14-4-2-1-3-11(14)9-22-19(18)25/h1-6,8,12,18,21H,7,9-10H2,(H,22,25)(H,23,24). The van der Waals surface area contributed by atoms with Crippen LogP contribution in [0.15, 0.2) is 46.9 Å². The van der Waals surface area contributed by atoms with Crippen molar-refractivity contribution in [3.05, 3.63) is 63.6 Å². The van der Waals surface area contributed by atoms with E-state index in [0.29, 0.717) is 13.0 Å². The summed E-state index contributed by atoms with van der Waals surface area (Å²) in [6.45, 7) is 1.24. The number of hydrogen-bond acceptors (Lipinski definition) is 3. The SMILES string of the molecule is O=C(CC1CNc2ccc(Br)cc21)NC1C(=O)NCc2ccccc21. The quantitative estimate of drug-likeness (QED) is 0.742. The van der Waals surface area contributed by atoms with E-state index in [9.17, 15) is 9.59 Å². The van der Waals surface area contributed by atoms with E-state index in [-0.39, 0.29) is 17.7 Å². The third-order valence-corrected chi connectivity index (χ3v) is 5.30. The van der Waals surface area contributed by atoms with Crippen molar-refractivity contribution in [2.75, 3.05) is 11.9 Å². The second kappa shape index (κ2) is 6.52. The molecule has 2 aromatic carbocycles. The summed E-state index contributed by atoms with van der Waals surface area (Å²) >= 11 is 3.48. The van der Waals surface area contributed by atoms with Gasteiger partial charge >= 0.3 is 0 Å². The summed E-state index contributed by atoms with van der Waals surface area (Å²) in [6, 6.07) is 13.1. The van der Waals surface area contributed by atoms with Crippen LogP contribution in [-0.2, 0) is 16.1 Å². The van der Waals surface area contributed by atoms with Crippen molar-refractivity contribution in [1.82, 2.24) is 10.6 Å². The van der Waals surface area contributed by atoms with Crippen molar-refractivity contribution >= 4 is 33.4 Å². The second-order valence-electron chi connectivity index (χ2n) is 6.43. The molecule has 0 saturated heterocycles. The molecule has 25 heavy (non-hydrogen) atoms. The Kier molecular flexibility index (Phi) is 4.21. The predicted octanol–water partition coefficient (Wildman–Crippen LogP) is 2.84. The number of anilines is 1. The molecule has 5 nitrogen and oxygen atoms in total. The molecular formula is C19H18BrN3O2. The first kappa shape index (κ1) is 16.1. The van der Waals surface area contributed by atoms with Crippen molar-refractivity contribution in [3.63, 3.8) is 0 Å².